The van der Waals surface area contributed by atoms with Crippen molar-refractivity contribution in [3.05, 3.63) is 12.2 Å². The number of nitrogens with one attached hydrogen (secondary N) is 1. The lowest BCUT2D eigenvalue weighted by molar-refractivity contribution is -0.126. The first-order chi connectivity index (χ1) is 10.6. The highest BCUT2D eigenvalue weighted by Gasteiger charge is 2.27. The molecule has 0 spiro atoms. The smallest absolute Gasteiger partial charge is 0.216 e. The zero-order valence-electron chi connectivity index (χ0n) is 12.8. The van der Waals surface area contributed by atoms with Gasteiger partial charge in [0.2, 0.25) is 5.91 Å². The SMILES string of the molecule is CC(=O)NCCOCCOCCOCCC1C(=O)C=CC1=O. The number of amides is 1. The van der Waals surface area contributed by atoms with Crippen molar-refractivity contribution in [3.63, 3.8) is 0 Å². The van der Waals surface area contributed by atoms with E-state index in [0.29, 0.717) is 52.6 Å². The minimum absolute atomic E-state index is 0.0752. The summed E-state index contributed by atoms with van der Waals surface area (Å²) in [5.41, 5.74) is 0. The highest BCUT2D eigenvalue weighted by Crippen LogP contribution is 2.14. The third-order valence-corrected chi connectivity index (χ3v) is 3.01. The van der Waals surface area contributed by atoms with Crippen molar-refractivity contribution in [1.29, 1.82) is 0 Å². The van der Waals surface area contributed by atoms with Gasteiger partial charge in [0.25, 0.3) is 0 Å². The Hall–Kier alpha value is -1.57. The molecule has 1 aliphatic rings. The summed E-state index contributed by atoms with van der Waals surface area (Å²) in [6.07, 6.45) is 3.06. The molecule has 0 aromatic carbocycles. The molecule has 0 saturated heterocycles. The van der Waals surface area contributed by atoms with Gasteiger partial charge in [0.05, 0.1) is 39.0 Å². The highest BCUT2D eigenvalue weighted by molar-refractivity contribution is 6.18. The monoisotopic (exact) mass is 313 g/mol. The van der Waals surface area contributed by atoms with Gasteiger partial charge < -0.3 is 19.5 Å². The zero-order chi connectivity index (χ0) is 16.2. The molecule has 1 aliphatic carbocycles. The second-order valence-electron chi connectivity index (χ2n) is 4.80. The van der Waals surface area contributed by atoms with E-state index in [2.05, 4.69) is 5.32 Å². The molecular weight excluding hydrogens is 290 g/mol. The lowest BCUT2D eigenvalue weighted by atomic mass is 10.0. The normalized spacial score (nSPS) is 14.8. The molecule has 22 heavy (non-hydrogen) atoms. The molecule has 0 radical (unpaired) electrons. The van der Waals surface area contributed by atoms with Gasteiger partial charge in [0.15, 0.2) is 11.6 Å². The molecule has 0 bridgehead atoms. The number of rotatable bonds is 12. The molecule has 124 valence electrons. The van der Waals surface area contributed by atoms with Crippen LogP contribution < -0.4 is 5.32 Å². The van der Waals surface area contributed by atoms with E-state index in [1.807, 2.05) is 0 Å². The summed E-state index contributed by atoms with van der Waals surface area (Å²) in [5, 5.41) is 2.62. The number of ether oxygens (including phenoxy) is 3. The number of hydrogen-bond acceptors (Lipinski definition) is 6. The average Bonchev–Trinajstić information content (AvgIpc) is 2.79. The molecular formula is C15H23NO6. The van der Waals surface area contributed by atoms with E-state index in [1.165, 1.54) is 19.1 Å². The van der Waals surface area contributed by atoms with E-state index in [0.717, 1.165) is 0 Å². The molecule has 1 amide bonds. The van der Waals surface area contributed by atoms with E-state index in [4.69, 9.17) is 14.2 Å². The van der Waals surface area contributed by atoms with Gasteiger partial charge in [0, 0.05) is 20.1 Å². The Morgan fingerprint density at radius 1 is 0.955 bits per heavy atom. The van der Waals surface area contributed by atoms with Crippen LogP contribution in [-0.2, 0) is 28.6 Å². The van der Waals surface area contributed by atoms with Gasteiger partial charge in [-0.25, -0.2) is 0 Å². The Morgan fingerprint density at radius 3 is 2.00 bits per heavy atom. The summed E-state index contributed by atoms with van der Waals surface area (Å²) < 4.78 is 15.9. The largest absolute Gasteiger partial charge is 0.379 e. The van der Waals surface area contributed by atoms with Crippen LogP contribution in [0.3, 0.4) is 0 Å². The van der Waals surface area contributed by atoms with Crippen LogP contribution in [0, 0.1) is 5.92 Å². The Labute approximate surface area is 130 Å². The van der Waals surface area contributed by atoms with Crippen LogP contribution in [0.1, 0.15) is 13.3 Å². The topological polar surface area (TPSA) is 90.9 Å². The first-order valence-corrected chi connectivity index (χ1v) is 7.34. The quantitative estimate of drug-likeness (QED) is 0.399. The van der Waals surface area contributed by atoms with Crippen LogP contribution in [-0.4, -0.2) is 63.7 Å². The second kappa shape index (κ2) is 11.1. The Kier molecular flexibility index (Phi) is 9.29. The van der Waals surface area contributed by atoms with Crippen molar-refractivity contribution in [2.45, 2.75) is 13.3 Å². The van der Waals surface area contributed by atoms with Crippen LogP contribution in [0.2, 0.25) is 0 Å². The molecule has 0 unspecified atom stereocenters. The maximum absolute atomic E-state index is 11.3. The molecule has 0 atom stereocenters. The van der Waals surface area contributed by atoms with Crippen LogP contribution in [0.4, 0.5) is 0 Å². The van der Waals surface area contributed by atoms with Gasteiger partial charge >= 0.3 is 0 Å². The maximum Gasteiger partial charge on any atom is 0.216 e. The number of ketones is 2. The van der Waals surface area contributed by atoms with Gasteiger partial charge in [-0.15, -0.1) is 0 Å². The fourth-order valence-electron chi connectivity index (χ4n) is 1.86. The predicted molar refractivity (Wildman–Crippen MR) is 78.4 cm³/mol. The van der Waals surface area contributed by atoms with Gasteiger partial charge in [-0.1, -0.05) is 0 Å². The molecule has 7 heteroatoms. The number of allylic oxidation sites excluding steroid dienone is 2. The van der Waals surface area contributed by atoms with Crippen molar-refractivity contribution in [1.82, 2.24) is 5.32 Å². The molecule has 0 aliphatic heterocycles. The maximum atomic E-state index is 11.3. The van der Waals surface area contributed by atoms with E-state index in [-0.39, 0.29) is 17.5 Å². The third-order valence-electron chi connectivity index (χ3n) is 3.01. The van der Waals surface area contributed by atoms with Crippen molar-refractivity contribution in [2.75, 3.05) is 46.2 Å². The minimum atomic E-state index is -0.557. The van der Waals surface area contributed by atoms with Crippen molar-refractivity contribution < 1.29 is 28.6 Å². The lowest BCUT2D eigenvalue weighted by Gasteiger charge is -2.08. The Morgan fingerprint density at radius 2 is 1.45 bits per heavy atom. The van der Waals surface area contributed by atoms with E-state index >= 15 is 0 Å². The molecule has 7 nitrogen and oxygen atoms in total. The molecule has 1 rings (SSSR count). The van der Waals surface area contributed by atoms with Gasteiger partial charge in [-0.2, -0.15) is 0 Å². The molecule has 0 aromatic heterocycles. The number of carbonyl (C=O) groups excluding carboxylic acids is 3. The van der Waals surface area contributed by atoms with E-state index < -0.39 is 5.92 Å². The molecule has 0 aromatic rings. The lowest BCUT2D eigenvalue weighted by Crippen LogP contribution is -2.25. The van der Waals surface area contributed by atoms with Crippen LogP contribution in [0.5, 0.6) is 0 Å². The van der Waals surface area contributed by atoms with Crippen molar-refractivity contribution >= 4 is 17.5 Å². The summed E-state index contributed by atoms with van der Waals surface area (Å²) in [6.45, 7) is 4.51. The first kappa shape index (κ1) is 18.5. The third kappa shape index (κ3) is 8.02. The summed E-state index contributed by atoms with van der Waals surface area (Å²) in [5.74, 6) is -0.908. The average molecular weight is 313 g/mol. The van der Waals surface area contributed by atoms with Gasteiger partial charge in [0.1, 0.15) is 0 Å². The van der Waals surface area contributed by atoms with Crippen LogP contribution in [0.25, 0.3) is 0 Å². The number of hydrogen-bond donors (Lipinski definition) is 1. The number of carbonyl (C=O) groups is 3. The van der Waals surface area contributed by atoms with Crippen molar-refractivity contribution in [3.8, 4) is 0 Å². The predicted octanol–water partition coefficient (Wildman–Crippen LogP) is -0.113. The zero-order valence-corrected chi connectivity index (χ0v) is 12.8. The summed E-state index contributed by atoms with van der Waals surface area (Å²) >= 11 is 0. The standard InChI is InChI=1S/C15H23NO6/c1-12(17)16-5-7-21-9-11-22-10-8-20-6-4-13-14(18)2-3-15(13)19/h2-3,13H,4-11H2,1H3,(H,16,17). The highest BCUT2D eigenvalue weighted by atomic mass is 16.5. The van der Waals surface area contributed by atoms with E-state index in [1.54, 1.807) is 0 Å². The van der Waals surface area contributed by atoms with Crippen LogP contribution >= 0.6 is 0 Å². The summed E-state index contributed by atoms with van der Waals surface area (Å²) in [6, 6.07) is 0. The molecule has 0 heterocycles. The fourth-order valence-corrected chi connectivity index (χ4v) is 1.86. The molecule has 1 N–H and O–H groups in total. The first-order valence-electron chi connectivity index (χ1n) is 7.34. The summed E-state index contributed by atoms with van der Waals surface area (Å²) in [4.78, 5) is 33.2. The van der Waals surface area contributed by atoms with Gasteiger partial charge in [-0.3, -0.25) is 14.4 Å². The molecule has 0 saturated carbocycles. The Balaban J connectivity index is 1.81. The van der Waals surface area contributed by atoms with Crippen molar-refractivity contribution in [2.24, 2.45) is 5.92 Å². The Bertz CT molecular complexity index is 389. The second-order valence-corrected chi connectivity index (χ2v) is 4.80. The minimum Gasteiger partial charge on any atom is -0.379 e. The molecule has 0 fully saturated rings. The van der Waals surface area contributed by atoms with E-state index in [9.17, 15) is 14.4 Å². The van der Waals surface area contributed by atoms with Gasteiger partial charge in [-0.05, 0) is 18.6 Å². The summed E-state index contributed by atoms with van der Waals surface area (Å²) in [7, 11) is 0. The van der Waals surface area contributed by atoms with Crippen LogP contribution in [0.15, 0.2) is 12.2 Å². The fraction of sp³-hybridized carbons (Fsp3) is 0.667.